The van der Waals surface area contributed by atoms with Crippen LogP contribution >= 0.6 is 0 Å². The summed E-state index contributed by atoms with van der Waals surface area (Å²) in [5, 5.41) is 10.4. The molecule has 0 unspecified atom stereocenters. The summed E-state index contributed by atoms with van der Waals surface area (Å²) < 4.78 is 0. The van der Waals surface area contributed by atoms with Crippen molar-refractivity contribution in [2.75, 3.05) is 0 Å². The van der Waals surface area contributed by atoms with Gasteiger partial charge >= 0.3 is 39.0 Å². The van der Waals surface area contributed by atoms with E-state index in [1.807, 2.05) is 170 Å². The first kappa shape index (κ1) is 52.7. The van der Waals surface area contributed by atoms with Crippen molar-refractivity contribution >= 4 is 32.8 Å². The molecule has 0 radical (unpaired) electrons. The molecular weight excluding hydrogens is 1100 g/mol. The van der Waals surface area contributed by atoms with Crippen molar-refractivity contribution < 1.29 is 39.0 Å². The van der Waals surface area contributed by atoms with Crippen LogP contribution in [-0.4, -0.2) is 75.0 Å². The van der Waals surface area contributed by atoms with Crippen LogP contribution in [-0.2, 0) is 39.0 Å². The third-order valence-electron chi connectivity index (χ3n) is 10.2. The molecule has 0 saturated carbocycles. The first-order chi connectivity index (χ1) is 35.8. The Balaban J connectivity index is 0.000000140. The van der Waals surface area contributed by atoms with Crippen LogP contribution in [0.5, 0.6) is 0 Å². The molecule has 74 heavy (non-hydrogen) atoms. The minimum absolute atomic E-state index is 0. The predicted molar refractivity (Wildman–Crippen MR) is 279 cm³/mol. The number of pyridine rings is 10. The van der Waals surface area contributed by atoms with Gasteiger partial charge < -0.3 is 0 Å². The molecule has 12 aromatic heterocycles. The third kappa shape index (κ3) is 14.3. The Morgan fingerprint density at radius 2 is 0.514 bits per heavy atom. The van der Waals surface area contributed by atoms with Crippen LogP contribution in [0.25, 0.3) is 89.9 Å². The van der Waals surface area contributed by atoms with Crippen molar-refractivity contribution in [3.63, 3.8) is 0 Å². The second-order valence-electron chi connectivity index (χ2n) is 14.9. The standard InChI is InChI=1S/C17H9N7.4C10H8N2.2Ru/c1-3-10-13(20-5-1)14-11(4-2-6-21-14)16-15(10)22-17(24-23-16)12-9-18-7-8-19-12;4*1-3-7-11-9(5-1)10-6-2-4-8-12-10;;/h1-9H;4*1-8H;;/q;;;;;2*+2. The summed E-state index contributed by atoms with van der Waals surface area (Å²) in [6.07, 6.45) is 22.5. The van der Waals surface area contributed by atoms with Gasteiger partial charge in [0.25, 0.3) is 0 Å². The number of nitrogens with zero attached hydrogens (tertiary/aromatic N) is 15. The van der Waals surface area contributed by atoms with Crippen LogP contribution in [0, 0.1) is 0 Å². The summed E-state index contributed by atoms with van der Waals surface area (Å²) in [6.45, 7) is 0. The molecule has 0 atom stereocenters. The van der Waals surface area contributed by atoms with Crippen LogP contribution in [0.3, 0.4) is 0 Å². The second kappa shape index (κ2) is 28.0. The first-order valence-corrected chi connectivity index (χ1v) is 22.5. The van der Waals surface area contributed by atoms with Crippen molar-refractivity contribution in [3.8, 4) is 57.1 Å². The fourth-order valence-electron chi connectivity index (χ4n) is 6.90. The van der Waals surface area contributed by atoms with Gasteiger partial charge in [0.05, 0.1) is 62.8 Å². The fraction of sp³-hybridized carbons (Fsp3) is 0. The largest absolute Gasteiger partial charge is 2.00 e. The molecule has 17 heteroatoms. The van der Waals surface area contributed by atoms with Gasteiger partial charge in [-0.2, -0.15) is 0 Å². The van der Waals surface area contributed by atoms with E-state index in [1.165, 1.54) is 0 Å². The predicted octanol–water partition coefficient (Wildman–Crippen LogP) is 11.1. The number of hydrogen-bond acceptors (Lipinski definition) is 15. The SMILES string of the molecule is [Ru+2].[Ru+2].c1ccc(-c2ccccn2)nc1.c1ccc(-c2ccccn2)nc1.c1ccc(-c2ccccn2)nc1.c1ccc(-c2ccccn2)nc1.c1cnc2c(c1)c1nnc(-c3cnccn3)nc1c1cccnc12. The molecule has 0 spiro atoms. The van der Waals surface area contributed by atoms with Crippen molar-refractivity contribution in [1.29, 1.82) is 0 Å². The van der Waals surface area contributed by atoms with E-state index in [9.17, 15) is 0 Å². The maximum Gasteiger partial charge on any atom is 2.00 e. The molecule has 0 aliphatic heterocycles. The topological polar surface area (TPSA) is 193 Å². The Bertz CT molecular complexity index is 3180. The minimum atomic E-state index is 0. The van der Waals surface area contributed by atoms with Crippen molar-refractivity contribution in [2.45, 2.75) is 0 Å². The molecule has 0 amide bonds. The molecule has 0 fully saturated rings. The van der Waals surface area contributed by atoms with Crippen LogP contribution in [0.1, 0.15) is 0 Å². The Morgan fingerprint density at radius 1 is 0.216 bits per heavy atom. The first-order valence-electron chi connectivity index (χ1n) is 22.5. The molecule has 356 valence electrons. The summed E-state index contributed by atoms with van der Waals surface area (Å²) in [4.78, 5) is 55.4. The molecule has 0 saturated heterocycles. The molecule has 0 aliphatic carbocycles. The molecule has 12 heterocycles. The third-order valence-corrected chi connectivity index (χ3v) is 10.2. The average molecular weight is 1140 g/mol. The van der Waals surface area contributed by atoms with Crippen molar-refractivity contribution in [1.82, 2.24) is 75.0 Å². The summed E-state index contributed by atoms with van der Waals surface area (Å²) >= 11 is 0. The Kier molecular flexibility index (Phi) is 19.9. The molecular formula is C57H41N15Ru2+4. The fourth-order valence-corrected chi connectivity index (χ4v) is 6.90. The van der Waals surface area contributed by atoms with Crippen molar-refractivity contribution in [3.05, 3.63) is 250 Å². The maximum atomic E-state index is 4.68. The molecule has 13 aromatic rings. The van der Waals surface area contributed by atoms with Gasteiger partial charge in [0.15, 0.2) is 0 Å². The van der Waals surface area contributed by atoms with Crippen LogP contribution in [0.15, 0.2) is 250 Å². The molecule has 1 aromatic carbocycles. The Hall–Kier alpha value is -9.16. The Morgan fingerprint density at radius 3 is 0.797 bits per heavy atom. The van der Waals surface area contributed by atoms with E-state index in [1.54, 1.807) is 80.6 Å². The molecule has 0 bridgehead atoms. The normalized spacial score (nSPS) is 9.95. The zero-order valence-corrected chi connectivity index (χ0v) is 42.6. The quantitative estimate of drug-likeness (QED) is 0.117. The molecule has 0 aliphatic rings. The molecule has 0 N–H and O–H groups in total. The van der Waals surface area contributed by atoms with Crippen molar-refractivity contribution in [2.24, 2.45) is 0 Å². The van der Waals surface area contributed by atoms with Crippen LogP contribution < -0.4 is 0 Å². The van der Waals surface area contributed by atoms with E-state index in [0.717, 1.165) is 72.9 Å². The van der Waals surface area contributed by atoms with E-state index in [-0.39, 0.29) is 39.0 Å². The number of aromatic nitrogens is 15. The van der Waals surface area contributed by atoms with Gasteiger partial charge in [-0.05, 0) is 121 Å². The van der Waals surface area contributed by atoms with Gasteiger partial charge in [-0.1, -0.05) is 48.5 Å². The second-order valence-corrected chi connectivity index (χ2v) is 14.9. The van der Waals surface area contributed by atoms with Gasteiger partial charge in [0.1, 0.15) is 16.7 Å². The van der Waals surface area contributed by atoms with Gasteiger partial charge in [0, 0.05) is 85.1 Å². The zero-order valence-electron chi connectivity index (χ0n) is 39.1. The van der Waals surface area contributed by atoms with Gasteiger partial charge in [-0.3, -0.25) is 54.8 Å². The number of rotatable bonds is 5. The van der Waals surface area contributed by atoms with Crippen LogP contribution in [0.2, 0.25) is 0 Å². The minimum Gasteiger partial charge on any atom is -0.261 e. The summed E-state index contributed by atoms with van der Waals surface area (Å²) in [5.74, 6) is 0.434. The Labute approximate surface area is 451 Å². The molecule has 13 rings (SSSR count). The van der Waals surface area contributed by atoms with Gasteiger partial charge in [0.2, 0.25) is 5.82 Å². The molecule has 15 nitrogen and oxygen atoms in total. The number of fused-ring (bicyclic) bond motifs is 6. The van der Waals surface area contributed by atoms with Gasteiger partial charge in [-0.15, -0.1) is 10.2 Å². The summed E-state index contributed by atoms with van der Waals surface area (Å²) in [7, 11) is 0. The summed E-state index contributed by atoms with van der Waals surface area (Å²) in [5.41, 5.74) is 10.9. The average Bonchev–Trinajstić information content (AvgIpc) is 3.50. The van der Waals surface area contributed by atoms with Crippen LogP contribution in [0.4, 0.5) is 0 Å². The van der Waals surface area contributed by atoms with E-state index in [2.05, 4.69) is 75.0 Å². The zero-order chi connectivity index (χ0) is 48.8. The monoisotopic (exact) mass is 1140 g/mol. The van der Waals surface area contributed by atoms with E-state index < -0.39 is 0 Å². The van der Waals surface area contributed by atoms with E-state index in [0.29, 0.717) is 17.0 Å². The van der Waals surface area contributed by atoms with E-state index >= 15 is 0 Å². The number of hydrogen-bond donors (Lipinski definition) is 0. The maximum absolute atomic E-state index is 4.68. The smallest absolute Gasteiger partial charge is 0.261 e. The summed E-state index contributed by atoms with van der Waals surface area (Å²) in [6, 6.07) is 54.0. The van der Waals surface area contributed by atoms with E-state index in [4.69, 9.17) is 0 Å². The van der Waals surface area contributed by atoms with Gasteiger partial charge in [-0.25, -0.2) is 9.97 Å². The number of benzene rings is 1.